The average molecular weight is 332 g/mol. The predicted octanol–water partition coefficient (Wildman–Crippen LogP) is -0.806. The molecule has 0 aromatic carbocycles. The summed E-state index contributed by atoms with van der Waals surface area (Å²) in [5.74, 6) is 0.783. The van der Waals surface area contributed by atoms with Gasteiger partial charge in [-0.25, -0.2) is 9.97 Å². The lowest BCUT2D eigenvalue weighted by Crippen LogP contribution is -2.51. The van der Waals surface area contributed by atoms with Gasteiger partial charge >= 0.3 is 0 Å². The Morgan fingerprint density at radius 2 is 2.12 bits per heavy atom. The molecule has 0 spiro atoms. The minimum atomic E-state index is -1.14. The van der Waals surface area contributed by atoms with Gasteiger partial charge in [0, 0.05) is 26.1 Å². The Morgan fingerprint density at radius 3 is 2.83 bits per heavy atom. The molecule has 2 aliphatic rings. The van der Waals surface area contributed by atoms with E-state index in [1.165, 1.54) is 4.90 Å². The van der Waals surface area contributed by atoms with Crippen LogP contribution in [0.15, 0.2) is 0 Å². The Balaban J connectivity index is 1.86. The van der Waals surface area contributed by atoms with Gasteiger partial charge in [0.2, 0.25) is 6.23 Å². The first-order valence-electron chi connectivity index (χ1n) is 7.88. The average Bonchev–Trinajstić information content (AvgIpc) is 2.58. The first-order valence-corrected chi connectivity index (χ1v) is 7.88. The molecule has 0 aliphatic carbocycles. The first kappa shape index (κ1) is 16.6. The highest BCUT2D eigenvalue weighted by Crippen LogP contribution is 2.34. The number of aromatic nitrogens is 2. The van der Waals surface area contributed by atoms with E-state index in [0.717, 1.165) is 32.8 Å². The molecule has 128 valence electrons. The molecule has 2 N–H and O–H groups in total. The molecule has 1 fully saturated rings. The Kier molecular flexibility index (Phi) is 4.89. The molecule has 1 atom stereocenters. The quantitative estimate of drug-likeness (QED) is 0.712. The number of amides is 1. The molecule has 1 amide bonds. The van der Waals surface area contributed by atoms with Gasteiger partial charge in [0.05, 0.1) is 25.0 Å². The number of hydrogen-bond donors (Lipinski definition) is 1. The van der Waals surface area contributed by atoms with Crippen molar-refractivity contribution in [2.45, 2.75) is 19.6 Å². The molecule has 1 aromatic rings. The topological polar surface area (TPSA) is 118 Å². The summed E-state index contributed by atoms with van der Waals surface area (Å²) in [7, 11) is 0. The van der Waals surface area contributed by atoms with E-state index in [9.17, 15) is 4.79 Å². The van der Waals surface area contributed by atoms with Gasteiger partial charge in [0.15, 0.2) is 11.6 Å². The minimum absolute atomic E-state index is 0.123. The van der Waals surface area contributed by atoms with Crippen molar-refractivity contribution in [3.05, 3.63) is 11.5 Å². The number of nitriles is 1. The van der Waals surface area contributed by atoms with Crippen LogP contribution in [-0.2, 0) is 16.0 Å². The standard InChI is InChI=1S/C15H20N6O3/c1-10-18-11(2-4-20-6-8-23-9-7-20)12-14(19-10)21(5-3-16)15(22)13(17)24-12/h13H,2,4-9,17H2,1H3. The Bertz CT molecular complexity index is 668. The lowest BCUT2D eigenvalue weighted by atomic mass is 10.2. The van der Waals surface area contributed by atoms with Gasteiger partial charge in [-0.2, -0.15) is 5.26 Å². The van der Waals surface area contributed by atoms with Crippen molar-refractivity contribution in [3.63, 3.8) is 0 Å². The number of nitrogens with two attached hydrogens (primary N) is 1. The molecule has 2 aliphatic heterocycles. The van der Waals surface area contributed by atoms with E-state index >= 15 is 0 Å². The maximum absolute atomic E-state index is 12.1. The maximum atomic E-state index is 12.1. The fourth-order valence-electron chi connectivity index (χ4n) is 2.82. The largest absolute Gasteiger partial charge is 0.460 e. The number of aryl methyl sites for hydroxylation is 1. The molecule has 24 heavy (non-hydrogen) atoms. The molecule has 0 radical (unpaired) electrons. The van der Waals surface area contributed by atoms with E-state index in [0.29, 0.717) is 29.5 Å². The number of carbonyl (C=O) groups excluding carboxylic acids is 1. The number of carbonyl (C=O) groups is 1. The zero-order valence-corrected chi connectivity index (χ0v) is 13.6. The van der Waals surface area contributed by atoms with Crippen LogP contribution in [0.4, 0.5) is 5.82 Å². The van der Waals surface area contributed by atoms with Crippen LogP contribution < -0.4 is 15.4 Å². The minimum Gasteiger partial charge on any atom is -0.460 e. The molecule has 0 saturated carbocycles. The molecule has 0 bridgehead atoms. The fraction of sp³-hybridized carbons (Fsp3) is 0.600. The van der Waals surface area contributed by atoms with Crippen LogP contribution in [0.5, 0.6) is 5.75 Å². The molecule has 1 unspecified atom stereocenters. The van der Waals surface area contributed by atoms with Crippen molar-refractivity contribution < 1.29 is 14.3 Å². The summed E-state index contributed by atoms with van der Waals surface area (Å²) in [5.41, 5.74) is 6.46. The van der Waals surface area contributed by atoms with E-state index in [-0.39, 0.29) is 6.54 Å². The van der Waals surface area contributed by atoms with E-state index in [4.69, 9.17) is 20.5 Å². The number of rotatable bonds is 4. The van der Waals surface area contributed by atoms with E-state index in [2.05, 4.69) is 14.9 Å². The van der Waals surface area contributed by atoms with Gasteiger partial charge in [-0.15, -0.1) is 0 Å². The molecular weight excluding hydrogens is 312 g/mol. The van der Waals surface area contributed by atoms with Crippen LogP contribution in [0, 0.1) is 18.3 Å². The normalized spacial score (nSPS) is 21.1. The molecule has 1 saturated heterocycles. The van der Waals surface area contributed by atoms with E-state index in [1.54, 1.807) is 6.92 Å². The van der Waals surface area contributed by atoms with Crippen molar-refractivity contribution in [2.75, 3.05) is 44.3 Å². The van der Waals surface area contributed by atoms with Crippen LogP contribution in [0.25, 0.3) is 0 Å². The number of anilines is 1. The third-order valence-electron chi connectivity index (χ3n) is 4.04. The molecule has 9 heteroatoms. The summed E-state index contributed by atoms with van der Waals surface area (Å²) in [4.78, 5) is 24.4. The number of hydrogen-bond acceptors (Lipinski definition) is 8. The summed E-state index contributed by atoms with van der Waals surface area (Å²) < 4.78 is 10.9. The van der Waals surface area contributed by atoms with Crippen LogP contribution in [-0.4, -0.2) is 66.4 Å². The van der Waals surface area contributed by atoms with Crippen LogP contribution in [0.3, 0.4) is 0 Å². The zero-order chi connectivity index (χ0) is 17.1. The van der Waals surface area contributed by atoms with Crippen molar-refractivity contribution in [3.8, 4) is 11.8 Å². The van der Waals surface area contributed by atoms with Gasteiger partial charge in [0.1, 0.15) is 12.4 Å². The molecule has 3 rings (SSSR count). The van der Waals surface area contributed by atoms with Gasteiger partial charge in [-0.3, -0.25) is 20.3 Å². The molecule has 3 heterocycles. The highest BCUT2D eigenvalue weighted by atomic mass is 16.5. The van der Waals surface area contributed by atoms with Gasteiger partial charge in [-0.05, 0) is 6.92 Å². The van der Waals surface area contributed by atoms with E-state index < -0.39 is 12.1 Å². The van der Waals surface area contributed by atoms with E-state index in [1.807, 2.05) is 6.07 Å². The highest BCUT2D eigenvalue weighted by Gasteiger charge is 2.35. The molecule has 1 aromatic heterocycles. The summed E-state index contributed by atoms with van der Waals surface area (Å²) in [6, 6.07) is 1.96. The molecular formula is C15H20N6O3. The van der Waals surface area contributed by atoms with Gasteiger partial charge < -0.3 is 9.47 Å². The molecule has 9 nitrogen and oxygen atoms in total. The Labute approximate surface area is 140 Å². The fourth-order valence-corrected chi connectivity index (χ4v) is 2.82. The third-order valence-corrected chi connectivity index (χ3v) is 4.04. The zero-order valence-electron chi connectivity index (χ0n) is 13.6. The summed E-state index contributed by atoms with van der Waals surface area (Å²) in [5, 5.41) is 8.97. The highest BCUT2D eigenvalue weighted by molar-refractivity contribution is 5.99. The predicted molar refractivity (Wildman–Crippen MR) is 84.3 cm³/mol. The second-order valence-electron chi connectivity index (χ2n) is 5.70. The van der Waals surface area contributed by atoms with Crippen molar-refractivity contribution >= 4 is 11.7 Å². The lowest BCUT2D eigenvalue weighted by molar-refractivity contribution is -0.126. The number of morpholine rings is 1. The summed E-state index contributed by atoms with van der Waals surface area (Å²) in [6.07, 6.45) is -0.494. The second-order valence-corrected chi connectivity index (χ2v) is 5.70. The number of nitrogens with zero attached hydrogens (tertiary/aromatic N) is 5. The van der Waals surface area contributed by atoms with Crippen LogP contribution in [0.1, 0.15) is 11.5 Å². The van der Waals surface area contributed by atoms with Crippen molar-refractivity contribution in [2.24, 2.45) is 5.73 Å². The first-order chi connectivity index (χ1) is 11.6. The third kappa shape index (κ3) is 3.31. The maximum Gasteiger partial charge on any atom is 0.285 e. The Hall–Kier alpha value is -2.28. The monoisotopic (exact) mass is 332 g/mol. The number of ether oxygens (including phenoxy) is 2. The van der Waals surface area contributed by atoms with Gasteiger partial charge in [0.25, 0.3) is 5.91 Å². The summed E-state index contributed by atoms with van der Waals surface area (Å²) >= 11 is 0. The van der Waals surface area contributed by atoms with Crippen LogP contribution >= 0.6 is 0 Å². The van der Waals surface area contributed by atoms with Crippen LogP contribution in [0.2, 0.25) is 0 Å². The van der Waals surface area contributed by atoms with Crippen molar-refractivity contribution in [1.82, 2.24) is 14.9 Å². The number of fused-ring (bicyclic) bond motifs is 1. The van der Waals surface area contributed by atoms with Crippen molar-refractivity contribution in [1.29, 1.82) is 5.26 Å². The van der Waals surface area contributed by atoms with Gasteiger partial charge in [-0.1, -0.05) is 0 Å². The second kappa shape index (κ2) is 7.09. The lowest BCUT2D eigenvalue weighted by Gasteiger charge is -2.32. The SMILES string of the molecule is Cc1nc(CCN2CCOCC2)c2c(n1)N(CC#N)C(=O)C(N)O2. The smallest absolute Gasteiger partial charge is 0.285 e. The Morgan fingerprint density at radius 1 is 1.38 bits per heavy atom. The summed E-state index contributed by atoms with van der Waals surface area (Å²) in [6.45, 7) is 5.65.